The Labute approximate surface area is 172 Å². The van der Waals surface area contributed by atoms with E-state index >= 15 is 0 Å². The van der Waals surface area contributed by atoms with Crippen LogP contribution >= 0.6 is 11.3 Å². The predicted octanol–water partition coefficient (Wildman–Crippen LogP) is 5.19. The fourth-order valence-electron chi connectivity index (χ4n) is 2.82. The highest BCUT2D eigenvalue weighted by atomic mass is 32.1. The molecule has 1 heterocycles. The second-order valence-corrected chi connectivity index (χ2v) is 8.84. The summed E-state index contributed by atoms with van der Waals surface area (Å²) in [5.74, 6) is 0.374. The highest BCUT2D eigenvalue weighted by Gasteiger charge is 2.36. The second-order valence-electron chi connectivity index (χ2n) is 7.84. The number of methoxy groups -OCH3 is 2. The second kappa shape index (κ2) is 8.61. The number of carbonyl (C=O) groups is 1. The van der Waals surface area contributed by atoms with Crippen LogP contribution in [0.5, 0.6) is 11.5 Å². The lowest BCUT2D eigenvalue weighted by Crippen LogP contribution is -2.43. The van der Waals surface area contributed by atoms with Crippen molar-refractivity contribution in [1.29, 1.82) is 0 Å². The molecule has 1 amide bonds. The van der Waals surface area contributed by atoms with Gasteiger partial charge in [-0.05, 0) is 30.5 Å². The van der Waals surface area contributed by atoms with Gasteiger partial charge in [0.15, 0.2) is 11.5 Å². The minimum absolute atomic E-state index is 0.0195. The maximum Gasteiger partial charge on any atom is 0.406 e. The fourth-order valence-corrected chi connectivity index (χ4v) is 3.85. The molecule has 1 aromatic carbocycles. The summed E-state index contributed by atoms with van der Waals surface area (Å²) in [4.78, 5) is 18.4. The monoisotopic (exact) mass is 430 g/mol. The summed E-state index contributed by atoms with van der Waals surface area (Å²) in [6.07, 6.45) is -4.48. The number of alkyl halides is 3. The van der Waals surface area contributed by atoms with Crippen LogP contribution < -0.4 is 9.47 Å². The van der Waals surface area contributed by atoms with E-state index in [9.17, 15) is 18.0 Å². The van der Waals surface area contributed by atoms with Gasteiger partial charge in [-0.2, -0.15) is 13.2 Å². The molecule has 160 valence electrons. The average Bonchev–Trinajstić information content (AvgIpc) is 2.99. The smallest absolute Gasteiger partial charge is 0.406 e. The van der Waals surface area contributed by atoms with Crippen LogP contribution in [-0.2, 0) is 0 Å². The van der Waals surface area contributed by atoms with Crippen LogP contribution in [0.2, 0.25) is 0 Å². The van der Waals surface area contributed by atoms with Crippen LogP contribution in [0.4, 0.5) is 13.2 Å². The van der Waals surface area contributed by atoms with Crippen LogP contribution in [0.1, 0.15) is 36.1 Å². The van der Waals surface area contributed by atoms with E-state index in [0.29, 0.717) is 27.8 Å². The average molecular weight is 430 g/mol. The molecule has 0 aliphatic carbocycles. The molecule has 1 aromatic heterocycles. The summed E-state index contributed by atoms with van der Waals surface area (Å²) >= 11 is 1.07. The van der Waals surface area contributed by atoms with E-state index < -0.39 is 24.0 Å². The summed E-state index contributed by atoms with van der Waals surface area (Å²) in [6, 6.07) is 5.19. The van der Waals surface area contributed by atoms with Gasteiger partial charge in [0.1, 0.15) is 16.4 Å². The van der Waals surface area contributed by atoms with Gasteiger partial charge < -0.3 is 14.4 Å². The van der Waals surface area contributed by atoms with Gasteiger partial charge in [-0.15, -0.1) is 11.3 Å². The SMILES string of the molecule is COc1ccc(-c2nc(C)c(C(=O)N(CC(C)(C)C)CC(F)(F)F)s2)cc1OC. The van der Waals surface area contributed by atoms with E-state index in [1.807, 2.05) is 0 Å². The molecule has 0 atom stereocenters. The molecular formula is C20H25F3N2O3S. The third kappa shape index (κ3) is 6.09. The van der Waals surface area contributed by atoms with Crippen LogP contribution in [0.25, 0.3) is 10.6 Å². The quantitative estimate of drug-likeness (QED) is 0.633. The van der Waals surface area contributed by atoms with E-state index in [2.05, 4.69) is 4.98 Å². The lowest BCUT2D eigenvalue weighted by molar-refractivity contribution is -0.142. The summed E-state index contributed by atoms with van der Waals surface area (Å²) < 4.78 is 49.6. The molecule has 29 heavy (non-hydrogen) atoms. The molecule has 0 spiro atoms. The molecule has 9 heteroatoms. The minimum atomic E-state index is -4.48. The Balaban J connectivity index is 2.40. The first-order valence-electron chi connectivity index (χ1n) is 8.90. The van der Waals surface area contributed by atoms with Crippen molar-refractivity contribution in [3.63, 3.8) is 0 Å². The number of nitrogens with zero attached hydrogens (tertiary/aromatic N) is 2. The number of benzene rings is 1. The van der Waals surface area contributed by atoms with Crippen LogP contribution in [0.15, 0.2) is 18.2 Å². The van der Waals surface area contributed by atoms with E-state index in [0.717, 1.165) is 16.2 Å². The molecule has 0 N–H and O–H groups in total. The zero-order valence-corrected chi connectivity index (χ0v) is 18.1. The minimum Gasteiger partial charge on any atom is -0.493 e. The van der Waals surface area contributed by atoms with Crippen molar-refractivity contribution in [2.75, 3.05) is 27.3 Å². The van der Waals surface area contributed by atoms with Gasteiger partial charge in [0.25, 0.3) is 5.91 Å². The molecule has 2 aromatic rings. The molecule has 0 unspecified atom stereocenters. The first-order valence-corrected chi connectivity index (χ1v) is 9.72. The Morgan fingerprint density at radius 2 is 1.72 bits per heavy atom. The highest BCUT2D eigenvalue weighted by molar-refractivity contribution is 7.17. The lowest BCUT2D eigenvalue weighted by Gasteiger charge is -2.30. The van der Waals surface area contributed by atoms with E-state index in [1.54, 1.807) is 45.9 Å². The first-order chi connectivity index (χ1) is 13.3. The van der Waals surface area contributed by atoms with Gasteiger partial charge in [-0.1, -0.05) is 20.8 Å². The van der Waals surface area contributed by atoms with E-state index in [-0.39, 0.29) is 11.4 Å². The summed E-state index contributed by atoms with van der Waals surface area (Å²) in [5, 5.41) is 0.523. The number of aromatic nitrogens is 1. The fraction of sp³-hybridized carbons (Fsp3) is 0.500. The number of halogens is 3. The standard InChI is InChI=1S/C20H25F3N2O3S/c1-12-16(18(26)25(10-19(2,3)4)11-20(21,22)23)29-17(24-12)13-7-8-14(27-5)15(9-13)28-6/h7-9H,10-11H2,1-6H3. The van der Waals surface area contributed by atoms with Crippen LogP contribution in [0, 0.1) is 12.3 Å². The highest BCUT2D eigenvalue weighted by Crippen LogP contribution is 2.35. The maximum atomic E-state index is 13.1. The molecule has 0 aliphatic rings. The Bertz CT molecular complexity index is 857. The Morgan fingerprint density at radius 1 is 1.10 bits per heavy atom. The Kier molecular flexibility index (Phi) is 6.82. The van der Waals surface area contributed by atoms with Crippen molar-refractivity contribution in [2.45, 2.75) is 33.9 Å². The van der Waals surface area contributed by atoms with Gasteiger partial charge in [0.2, 0.25) is 0 Å². The molecule has 5 nitrogen and oxygen atoms in total. The number of carbonyl (C=O) groups excluding carboxylic acids is 1. The zero-order valence-electron chi connectivity index (χ0n) is 17.3. The largest absolute Gasteiger partial charge is 0.493 e. The van der Waals surface area contributed by atoms with Crippen molar-refractivity contribution >= 4 is 17.2 Å². The number of hydrogen-bond acceptors (Lipinski definition) is 5. The van der Waals surface area contributed by atoms with Gasteiger partial charge >= 0.3 is 6.18 Å². The molecule has 0 bridgehead atoms. The van der Waals surface area contributed by atoms with Crippen LogP contribution in [-0.4, -0.2) is 49.3 Å². The van der Waals surface area contributed by atoms with Gasteiger partial charge in [0, 0.05) is 12.1 Å². The molecular weight excluding hydrogens is 405 g/mol. The molecule has 0 fully saturated rings. The van der Waals surface area contributed by atoms with Gasteiger partial charge in [-0.3, -0.25) is 4.79 Å². The van der Waals surface area contributed by atoms with Crippen LogP contribution in [0.3, 0.4) is 0 Å². The summed E-state index contributed by atoms with van der Waals surface area (Å²) in [6.45, 7) is 5.67. The van der Waals surface area contributed by atoms with Crippen molar-refractivity contribution < 1.29 is 27.4 Å². The summed E-state index contributed by atoms with van der Waals surface area (Å²) in [7, 11) is 3.03. The number of aryl methyl sites for hydroxylation is 1. The number of hydrogen-bond donors (Lipinski definition) is 0. The number of rotatable bonds is 6. The molecule has 2 rings (SSSR count). The third-order valence-electron chi connectivity index (χ3n) is 3.94. The third-order valence-corrected chi connectivity index (χ3v) is 5.14. The summed E-state index contributed by atoms with van der Waals surface area (Å²) in [5.41, 5.74) is 0.602. The van der Waals surface area contributed by atoms with Crippen molar-refractivity contribution in [2.24, 2.45) is 5.41 Å². The van der Waals surface area contributed by atoms with Crippen molar-refractivity contribution in [3.8, 4) is 22.1 Å². The normalized spacial score (nSPS) is 12.0. The number of ether oxygens (including phenoxy) is 2. The van der Waals surface area contributed by atoms with E-state index in [1.165, 1.54) is 14.2 Å². The van der Waals surface area contributed by atoms with Gasteiger partial charge in [-0.25, -0.2) is 4.98 Å². The van der Waals surface area contributed by atoms with Gasteiger partial charge in [0.05, 0.1) is 19.9 Å². The Morgan fingerprint density at radius 3 is 2.24 bits per heavy atom. The zero-order chi connectivity index (χ0) is 22.0. The van der Waals surface area contributed by atoms with E-state index in [4.69, 9.17) is 9.47 Å². The Hall–Kier alpha value is -2.29. The topological polar surface area (TPSA) is 51.7 Å². The number of thiazole rings is 1. The molecule has 0 saturated carbocycles. The first kappa shape index (κ1) is 23.0. The molecule has 0 saturated heterocycles. The predicted molar refractivity (Wildman–Crippen MR) is 107 cm³/mol. The van der Waals surface area contributed by atoms with Crippen molar-refractivity contribution in [3.05, 3.63) is 28.8 Å². The molecule has 0 radical (unpaired) electrons. The van der Waals surface area contributed by atoms with Crippen molar-refractivity contribution in [1.82, 2.24) is 9.88 Å². The number of amides is 1. The molecule has 0 aliphatic heterocycles. The maximum absolute atomic E-state index is 13.1. The lowest BCUT2D eigenvalue weighted by atomic mass is 9.96.